The van der Waals surface area contributed by atoms with E-state index in [1.807, 2.05) is 7.05 Å². The quantitative estimate of drug-likeness (QED) is 0.377. The van der Waals surface area contributed by atoms with Gasteiger partial charge in [0.2, 0.25) is 0 Å². The van der Waals surface area contributed by atoms with Crippen LogP contribution >= 0.6 is 0 Å². The zero-order valence-electron chi connectivity index (χ0n) is 25.5. The first kappa shape index (κ1) is 26.9. The van der Waals surface area contributed by atoms with Crippen molar-refractivity contribution >= 4 is 22.7 Å². The molecule has 0 heterocycles. The van der Waals surface area contributed by atoms with Gasteiger partial charge in [0.15, 0.2) is 0 Å². The number of nitrogens with one attached hydrogen (secondary N) is 1. The molecule has 0 fully saturated rings. The number of benzene rings is 3. The van der Waals surface area contributed by atoms with Gasteiger partial charge in [-0.05, 0) is 112 Å². The largest absolute Gasteiger partial charge is 0.388 e. The van der Waals surface area contributed by atoms with Crippen LogP contribution in [-0.2, 0) is 21.7 Å². The summed E-state index contributed by atoms with van der Waals surface area (Å²) in [6, 6.07) is 21.1. The second-order valence-corrected chi connectivity index (χ2v) is 14.6. The van der Waals surface area contributed by atoms with E-state index in [0.717, 1.165) is 5.69 Å². The number of nitrogens with zero attached hydrogens (tertiary/aromatic N) is 1. The van der Waals surface area contributed by atoms with Gasteiger partial charge in [-0.2, -0.15) is 0 Å². The summed E-state index contributed by atoms with van der Waals surface area (Å²) in [6.45, 7) is 21.7. The molecule has 0 aromatic heterocycles. The minimum Gasteiger partial charge on any atom is -0.388 e. The fourth-order valence-electron chi connectivity index (χ4n) is 7.22. The van der Waals surface area contributed by atoms with Crippen LogP contribution in [0.1, 0.15) is 109 Å². The first-order valence-corrected chi connectivity index (χ1v) is 14.6. The Labute approximate surface area is 231 Å². The zero-order valence-corrected chi connectivity index (χ0v) is 25.5. The minimum atomic E-state index is 0.0962. The molecule has 0 bridgehead atoms. The van der Waals surface area contributed by atoms with Crippen LogP contribution in [0.4, 0.5) is 22.7 Å². The first-order chi connectivity index (χ1) is 17.7. The van der Waals surface area contributed by atoms with E-state index in [-0.39, 0.29) is 21.7 Å². The second-order valence-electron chi connectivity index (χ2n) is 14.6. The summed E-state index contributed by atoms with van der Waals surface area (Å²) >= 11 is 0. The third kappa shape index (κ3) is 4.34. The average molecular weight is 509 g/mol. The first-order valence-electron chi connectivity index (χ1n) is 14.6. The summed E-state index contributed by atoms with van der Waals surface area (Å²) in [7, 11) is 2.02. The van der Waals surface area contributed by atoms with Crippen molar-refractivity contribution in [2.45, 2.75) is 110 Å². The van der Waals surface area contributed by atoms with E-state index in [1.165, 1.54) is 70.6 Å². The molecular formula is C36H48N2. The van der Waals surface area contributed by atoms with Crippen molar-refractivity contribution in [3.05, 3.63) is 82.4 Å². The van der Waals surface area contributed by atoms with Crippen LogP contribution in [0.3, 0.4) is 0 Å². The van der Waals surface area contributed by atoms with Gasteiger partial charge in [-0.3, -0.25) is 0 Å². The van der Waals surface area contributed by atoms with Crippen molar-refractivity contribution in [1.29, 1.82) is 0 Å². The van der Waals surface area contributed by atoms with Gasteiger partial charge in [0.1, 0.15) is 0 Å². The Morgan fingerprint density at radius 2 is 1.05 bits per heavy atom. The molecule has 5 rings (SSSR count). The Bertz CT molecular complexity index is 1290. The van der Waals surface area contributed by atoms with Gasteiger partial charge < -0.3 is 10.2 Å². The Kier molecular flexibility index (Phi) is 6.29. The topological polar surface area (TPSA) is 15.3 Å². The molecule has 0 spiro atoms. The lowest BCUT2D eigenvalue weighted by Gasteiger charge is -2.47. The molecule has 0 saturated carbocycles. The highest BCUT2D eigenvalue weighted by atomic mass is 15.2. The lowest BCUT2D eigenvalue weighted by molar-refractivity contribution is 0.331. The SMILES string of the molecule is CNc1cc(C)cc(N(c2cccc3c2C(C)(C)CCC3(C)C)c2cccc3c2C(C)(C)CCC3(C)C)c1. The van der Waals surface area contributed by atoms with Gasteiger partial charge in [0.25, 0.3) is 0 Å². The molecule has 3 aromatic carbocycles. The van der Waals surface area contributed by atoms with Gasteiger partial charge in [-0.15, -0.1) is 0 Å². The van der Waals surface area contributed by atoms with Crippen molar-refractivity contribution in [2.75, 3.05) is 17.3 Å². The predicted molar refractivity (Wildman–Crippen MR) is 166 cm³/mol. The number of fused-ring (bicyclic) bond motifs is 2. The van der Waals surface area contributed by atoms with Crippen LogP contribution in [0, 0.1) is 6.92 Å². The van der Waals surface area contributed by atoms with Gasteiger partial charge >= 0.3 is 0 Å². The van der Waals surface area contributed by atoms with Crippen LogP contribution in [-0.4, -0.2) is 7.05 Å². The van der Waals surface area contributed by atoms with Gasteiger partial charge in [0.05, 0.1) is 11.4 Å². The molecule has 1 N–H and O–H groups in total. The summed E-state index contributed by atoms with van der Waals surface area (Å²) in [5.41, 5.74) is 12.9. The van der Waals surface area contributed by atoms with Crippen LogP contribution < -0.4 is 10.2 Å². The van der Waals surface area contributed by atoms with Crippen LogP contribution in [0.2, 0.25) is 0 Å². The fourth-order valence-corrected chi connectivity index (χ4v) is 7.22. The molecule has 0 aliphatic heterocycles. The molecule has 0 radical (unpaired) electrons. The maximum atomic E-state index is 3.42. The van der Waals surface area contributed by atoms with Crippen molar-refractivity contribution in [3.63, 3.8) is 0 Å². The Hall–Kier alpha value is -2.74. The van der Waals surface area contributed by atoms with Crippen molar-refractivity contribution in [3.8, 4) is 0 Å². The molecule has 202 valence electrons. The van der Waals surface area contributed by atoms with Crippen LogP contribution in [0.15, 0.2) is 54.6 Å². The van der Waals surface area contributed by atoms with E-state index < -0.39 is 0 Å². The van der Waals surface area contributed by atoms with Crippen LogP contribution in [0.5, 0.6) is 0 Å². The maximum absolute atomic E-state index is 3.42. The molecule has 0 amide bonds. The maximum Gasteiger partial charge on any atom is 0.0502 e. The van der Waals surface area contributed by atoms with E-state index in [1.54, 1.807) is 0 Å². The summed E-state index contributed by atoms with van der Waals surface area (Å²) in [5.74, 6) is 0. The number of rotatable bonds is 4. The molecular weight excluding hydrogens is 460 g/mol. The zero-order chi connectivity index (χ0) is 27.7. The van der Waals surface area contributed by atoms with Crippen molar-refractivity contribution < 1.29 is 0 Å². The van der Waals surface area contributed by atoms with E-state index in [2.05, 4.69) is 127 Å². The third-order valence-corrected chi connectivity index (χ3v) is 9.74. The molecule has 2 heteroatoms. The van der Waals surface area contributed by atoms with Crippen molar-refractivity contribution in [1.82, 2.24) is 0 Å². The highest BCUT2D eigenvalue weighted by Gasteiger charge is 2.42. The van der Waals surface area contributed by atoms with Gasteiger partial charge in [0, 0.05) is 18.4 Å². The molecule has 0 saturated heterocycles. The second kappa shape index (κ2) is 8.90. The number of anilines is 4. The molecule has 38 heavy (non-hydrogen) atoms. The molecule has 2 aliphatic rings. The molecule has 0 atom stereocenters. The standard InChI is InChI=1S/C36H48N2/c1-24-21-25(37-10)23-26(22-24)38(29-15-11-13-27-31(29)35(6,7)19-17-33(27,2)3)30-16-12-14-28-32(30)36(8,9)20-18-34(28,4)5/h11-16,21-23,37H,17-20H2,1-10H3. The smallest absolute Gasteiger partial charge is 0.0502 e. The minimum absolute atomic E-state index is 0.0962. The number of aryl methyl sites for hydroxylation is 1. The lowest BCUT2D eigenvalue weighted by atomic mass is 9.62. The lowest BCUT2D eigenvalue weighted by Crippen LogP contribution is -2.37. The van der Waals surface area contributed by atoms with E-state index in [9.17, 15) is 0 Å². The van der Waals surface area contributed by atoms with Gasteiger partial charge in [-0.1, -0.05) is 79.7 Å². The molecule has 2 aliphatic carbocycles. The molecule has 2 nitrogen and oxygen atoms in total. The molecule has 3 aromatic rings. The highest BCUT2D eigenvalue weighted by molar-refractivity contribution is 5.85. The predicted octanol–water partition coefficient (Wildman–Crippen LogP) is 10.2. The summed E-state index contributed by atoms with van der Waals surface area (Å²) in [4.78, 5) is 2.61. The monoisotopic (exact) mass is 508 g/mol. The van der Waals surface area contributed by atoms with Crippen molar-refractivity contribution in [2.24, 2.45) is 0 Å². The molecule has 0 unspecified atom stereocenters. The summed E-state index contributed by atoms with van der Waals surface area (Å²) in [6.07, 6.45) is 4.82. The van der Waals surface area contributed by atoms with E-state index in [0.29, 0.717) is 0 Å². The summed E-state index contributed by atoms with van der Waals surface area (Å²) in [5, 5.41) is 3.42. The average Bonchev–Trinajstić information content (AvgIpc) is 2.85. The summed E-state index contributed by atoms with van der Waals surface area (Å²) < 4.78 is 0. The number of hydrogen-bond donors (Lipinski definition) is 1. The van der Waals surface area contributed by atoms with E-state index >= 15 is 0 Å². The Morgan fingerprint density at radius 3 is 1.50 bits per heavy atom. The normalized spacial score (nSPS) is 20.3. The van der Waals surface area contributed by atoms with Gasteiger partial charge in [-0.25, -0.2) is 0 Å². The van der Waals surface area contributed by atoms with E-state index in [4.69, 9.17) is 0 Å². The fraction of sp³-hybridized carbons (Fsp3) is 0.500. The van der Waals surface area contributed by atoms with Crippen LogP contribution in [0.25, 0.3) is 0 Å². The Balaban J connectivity index is 1.90. The Morgan fingerprint density at radius 1 is 0.605 bits per heavy atom. The third-order valence-electron chi connectivity index (χ3n) is 9.74. The highest BCUT2D eigenvalue weighted by Crippen LogP contribution is 2.55. The number of hydrogen-bond acceptors (Lipinski definition) is 2.